The fraction of sp³-hybridized carbons (Fsp3) is 0.429. The molecule has 1 aliphatic heterocycles. The molecule has 148 valence electrons. The fourth-order valence-electron chi connectivity index (χ4n) is 3.72. The van der Waals surface area contributed by atoms with Crippen LogP contribution in [0, 0.1) is 0 Å². The number of amides is 3. The van der Waals surface area contributed by atoms with Crippen molar-refractivity contribution < 1.29 is 18.7 Å². The molecule has 0 spiro atoms. The summed E-state index contributed by atoms with van der Waals surface area (Å²) in [4.78, 5) is 28.5. The lowest BCUT2D eigenvalue weighted by Gasteiger charge is -2.34. The number of urea groups is 1. The van der Waals surface area contributed by atoms with E-state index in [2.05, 4.69) is 5.32 Å². The van der Waals surface area contributed by atoms with Gasteiger partial charge in [0.25, 0.3) is 5.91 Å². The van der Waals surface area contributed by atoms with E-state index in [0.29, 0.717) is 37.6 Å². The quantitative estimate of drug-likeness (QED) is 0.875. The van der Waals surface area contributed by atoms with Crippen LogP contribution in [-0.4, -0.2) is 54.0 Å². The maximum absolute atomic E-state index is 12.7. The van der Waals surface area contributed by atoms with E-state index in [-0.39, 0.29) is 18.0 Å². The molecule has 2 fully saturated rings. The number of para-hydroxylation sites is 2. The first-order valence-corrected chi connectivity index (χ1v) is 9.85. The van der Waals surface area contributed by atoms with E-state index in [1.807, 2.05) is 24.3 Å². The molecule has 3 amide bonds. The van der Waals surface area contributed by atoms with Crippen molar-refractivity contribution in [3.8, 4) is 5.75 Å². The number of nitrogens with one attached hydrogen (secondary N) is 1. The minimum absolute atomic E-state index is 0.139. The third kappa shape index (κ3) is 4.13. The molecule has 0 atom stereocenters. The Bertz CT molecular complexity index is 807. The number of piperazine rings is 1. The highest BCUT2D eigenvalue weighted by atomic mass is 16.5. The molecular weight excluding hydrogens is 358 g/mol. The van der Waals surface area contributed by atoms with Gasteiger partial charge in [-0.3, -0.25) is 4.79 Å². The highest BCUT2D eigenvalue weighted by Gasteiger charge is 2.26. The Balaban J connectivity index is 1.33. The van der Waals surface area contributed by atoms with Gasteiger partial charge in [0.2, 0.25) is 0 Å². The predicted octanol–water partition coefficient (Wildman–Crippen LogP) is 3.59. The highest BCUT2D eigenvalue weighted by molar-refractivity contribution is 5.93. The molecule has 2 aromatic rings. The summed E-state index contributed by atoms with van der Waals surface area (Å²) in [6, 6.07) is 10.7. The van der Waals surface area contributed by atoms with Crippen molar-refractivity contribution >= 4 is 17.6 Å². The van der Waals surface area contributed by atoms with Crippen molar-refractivity contribution in [3.05, 3.63) is 48.4 Å². The molecule has 1 saturated carbocycles. The molecule has 1 aromatic heterocycles. The molecule has 7 heteroatoms. The summed E-state index contributed by atoms with van der Waals surface area (Å²) in [6.45, 7) is 1.91. The van der Waals surface area contributed by atoms with E-state index in [1.165, 1.54) is 19.1 Å². The zero-order valence-corrected chi connectivity index (χ0v) is 15.8. The number of ether oxygens (including phenoxy) is 1. The molecule has 28 heavy (non-hydrogen) atoms. The average Bonchev–Trinajstić information content (AvgIpc) is 3.43. The van der Waals surface area contributed by atoms with E-state index in [9.17, 15) is 9.59 Å². The number of nitrogens with zero attached hydrogens (tertiary/aromatic N) is 2. The Labute approximate surface area is 164 Å². The van der Waals surface area contributed by atoms with Gasteiger partial charge in [0, 0.05) is 26.2 Å². The first-order valence-electron chi connectivity index (χ1n) is 9.85. The van der Waals surface area contributed by atoms with E-state index in [1.54, 1.807) is 21.9 Å². The van der Waals surface area contributed by atoms with Gasteiger partial charge in [0.05, 0.1) is 18.1 Å². The van der Waals surface area contributed by atoms with E-state index in [4.69, 9.17) is 9.15 Å². The Morgan fingerprint density at radius 2 is 1.68 bits per heavy atom. The number of hydrogen-bond donors (Lipinski definition) is 1. The lowest BCUT2D eigenvalue weighted by molar-refractivity contribution is 0.0640. The van der Waals surface area contributed by atoms with Gasteiger partial charge >= 0.3 is 6.03 Å². The van der Waals surface area contributed by atoms with E-state index < -0.39 is 0 Å². The van der Waals surface area contributed by atoms with Crippen molar-refractivity contribution in [2.75, 3.05) is 31.5 Å². The second-order valence-corrected chi connectivity index (χ2v) is 7.21. The standard InChI is InChI=1S/C21H25N3O4/c25-20(19-10-5-15-27-19)23-11-13-24(14-12-23)21(26)22-17-8-3-4-9-18(17)28-16-6-1-2-7-16/h3-5,8-10,15-16H,1-2,6-7,11-14H2,(H,22,26). The molecule has 1 N–H and O–H groups in total. The van der Waals surface area contributed by atoms with Gasteiger partial charge in [-0.1, -0.05) is 12.1 Å². The monoisotopic (exact) mass is 383 g/mol. The third-order valence-corrected chi connectivity index (χ3v) is 5.31. The van der Waals surface area contributed by atoms with Crippen LogP contribution in [-0.2, 0) is 0 Å². The van der Waals surface area contributed by atoms with Crippen molar-refractivity contribution in [2.24, 2.45) is 0 Å². The number of hydrogen-bond acceptors (Lipinski definition) is 4. The first-order chi connectivity index (χ1) is 13.7. The van der Waals surface area contributed by atoms with Crippen molar-refractivity contribution in [2.45, 2.75) is 31.8 Å². The van der Waals surface area contributed by atoms with Crippen LogP contribution in [0.15, 0.2) is 47.1 Å². The van der Waals surface area contributed by atoms with Gasteiger partial charge < -0.3 is 24.3 Å². The summed E-state index contributed by atoms with van der Waals surface area (Å²) < 4.78 is 11.3. The van der Waals surface area contributed by atoms with Crippen LogP contribution < -0.4 is 10.1 Å². The minimum Gasteiger partial charge on any atom is -0.488 e. The van der Waals surface area contributed by atoms with Crippen LogP contribution in [0.2, 0.25) is 0 Å². The second kappa shape index (κ2) is 8.37. The Morgan fingerprint density at radius 1 is 0.964 bits per heavy atom. The van der Waals surface area contributed by atoms with Crippen molar-refractivity contribution in [1.82, 2.24) is 9.80 Å². The summed E-state index contributed by atoms with van der Waals surface area (Å²) in [7, 11) is 0. The largest absolute Gasteiger partial charge is 0.488 e. The molecule has 1 aliphatic carbocycles. The maximum Gasteiger partial charge on any atom is 0.322 e. The molecule has 2 aliphatic rings. The molecule has 0 radical (unpaired) electrons. The van der Waals surface area contributed by atoms with Gasteiger partial charge in [-0.2, -0.15) is 0 Å². The number of benzene rings is 1. The number of rotatable bonds is 4. The summed E-state index contributed by atoms with van der Waals surface area (Å²) >= 11 is 0. The summed E-state index contributed by atoms with van der Waals surface area (Å²) in [6.07, 6.45) is 6.24. The number of anilines is 1. The zero-order valence-electron chi connectivity index (χ0n) is 15.8. The van der Waals surface area contributed by atoms with Crippen molar-refractivity contribution in [1.29, 1.82) is 0 Å². The Hall–Kier alpha value is -2.96. The normalized spacial score (nSPS) is 17.6. The smallest absolute Gasteiger partial charge is 0.322 e. The van der Waals surface area contributed by atoms with Crippen LogP contribution in [0.25, 0.3) is 0 Å². The van der Waals surface area contributed by atoms with Gasteiger partial charge in [-0.05, 0) is 49.9 Å². The minimum atomic E-state index is -0.174. The van der Waals surface area contributed by atoms with Gasteiger partial charge in [0.1, 0.15) is 5.75 Å². The number of carbonyl (C=O) groups excluding carboxylic acids is 2. The molecule has 1 aromatic carbocycles. The van der Waals surface area contributed by atoms with E-state index >= 15 is 0 Å². The lowest BCUT2D eigenvalue weighted by Crippen LogP contribution is -2.51. The Morgan fingerprint density at radius 3 is 2.39 bits per heavy atom. The van der Waals surface area contributed by atoms with Crippen LogP contribution in [0.1, 0.15) is 36.2 Å². The molecule has 0 bridgehead atoms. The van der Waals surface area contributed by atoms with Crippen LogP contribution in [0.4, 0.5) is 10.5 Å². The van der Waals surface area contributed by atoms with Crippen LogP contribution in [0.3, 0.4) is 0 Å². The third-order valence-electron chi connectivity index (χ3n) is 5.31. The molecule has 1 saturated heterocycles. The topological polar surface area (TPSA) is 75.0 Å². The average molecular weight is 383 g/mol. The number of carbonyl (C=O) groups is 2. The van der Waals surface area contributed by atoms with E-state index in [0.717, 1.165) is 18.6 Å². The molecule has 0 unspecified atom stereocenters. The SMILES string of the molecule is O=C(Nc1ccccc1OC1CCCC1)N1CCN(C(=O)c2ccco2)CC1. The van der Waals surface area contributed by atoms with Gasteiger partial charge in [-0.25, -0.2) is 4.79 Å². The molecule has 2 heterocycles. The molecule has 7 nitrogen and oxygen atoms in total. The second-order valence-electron chi connectivity index (χ2n) is 7.21. The highest BCUT2D eigenvalue weighted by Crippen LogP contribution is 2.30. The van der Waals surface area contributed by atoms with Crippen LogP contribution in [0.5, 0.6) is 5.75 Å². The summed E-state index contributed by atoms with van der Waals surface area (Å²) in [5, 5.41) is 2.97. The molecule has 4 rings (SSSR count). The zero-order chi connectivity index (χ0) is 19.3. The van der Waals surface area contributed by atoms with Crippen molar-refractivity contribution in [3.63, 3.8) is 0 Å². The van der Waals surface area contributed by atoms with Gasteiger partial charge in [-0.15, -0.1) is 0 Å². The maximum atomic E-state index is 12.7. The Kier molecular flexibility index (Phi) is 5.50. The first kappa shape index (κ1) is 18.4. The number of furan rings is 1. The molecular formula is C21H25N3O4. The lowest BCUT2D eigenvalue weighted by atomic mass is 10.2. The predicted molar refractivity (Wildman–Crippen MR) is 105 cm³/mol. The van der Waals surface area contributed by atoms with Crippen LogP contribution >= 0.6 is 0 Å². The summed E-state index contributed by atoms with van der Waals surface area (Å²) in [5.74, 6) is 0.908. The summed E-state index contributed by atoms with van der Waals surface area (Å²) in [5.41, 5.74) is 0.688. The fourth-order valence-corrected chi connectivity index (χ4v) is 3.72. The van der Waals surface area contributed by atoms with Gasteiger partial charge in [0.15, 0.2) is 5.76 Å².